The number of benzene rings is 1. The van der Waals surface area contributed by atoms with Crippen molar-refractivity contribution < 1.29 is 0 Å². The summed E-state index contributed by atoms with van der Waals surface area (Å²) in [7, 11) is 0. The van der Waals surface area contributed by atoms with E-state index in [4.69, 9.17) is 5.73 Å². The zero-order valence-corrected chi connectivity index (χ0v) is 12.3. The fourth-order valence-corrected chi connectivity index (χ4v) is 2.27. The first-order valence-electron chi connectivity index (χ1n) is 5.81. The Kier molecular flexibility index (Phi) is 3.65. The van der Waals surface area contributed by atoms with Gasteiger partial charge in [-0.15, -0.1) is 5.10 Å². The van der Waals surface area contributed by atoms with Gasteiger partial charge in [0, 0.05) is 22.3 Å². The van der Waals surface area contributed by atoms with Crippen LogP contribution in [0.15, 0.2) is 16.6 Å². The fraction of sp³-hybridized carbons (Fsp3) is 0.417. The van der Waals surface area contributed by atoms with Crippen LogP contribution in [0.5, 0.6) is 0 Å². The number of rotatable bonds is 3. The second-order valence-corrected chi connectivity index (χ2v) is 5.66. The lowest BCUT2D eigenvalue weighted by Gasteiger charge is -2.11. The third kappa shape index (κ3) is 2.53. The zero-order valence-electron chi connectivity index (χ0n) is 10.7. The van der Waals surface area contributed by atoms with Gasteiger partial charge in [-0.25, -0.2) is 4.68 Å². The first-order valence-corrected chi connectivity index (χ1v) is 6.60. The first kappa shape index (κ1) is 13.0. The molecule has 2 aromatic rings. The van der Waals surface area contributed by atoms with E-state index < -0.39 is 0 Å². The maximum Gasteiger partial charge on any atom is 0.182 e. The number of nitrogens with zero attached hydrogens (tertiary/aromatic N) is 4. The fourth-order valence-electron chi connectivity index (χ4n) is 1.80. The number of aromatic nitrogens is 4. The lowest BCUT2D eigenvalue weighted by molar-refractivity contribution is 0.475. The zero-order chi connectivity index (χ0) is 13.3. The Morgan fingerprint density at radius 2 is 2.11 bits per heavy atom. The molecule has 0 saturated heterocycles. The van der Waals surface area contributed by atoms with Gasteiger partial charge in [0.1, 0.15) is 0 Å². The van der Waals surface area contributed by atoms with E-state index >= 15 is 0 Å². The van der Waals surface area contributed by atoms with Gasteiger partial charge in [0.25, 0.3) is 0 Å². The van der Waals surface area contributed by atoms with Crippen LogP contribution in [0.3, 0.4) is 0 Å². The highest BCUT2D eigenvalue weighted by molar-refractivity contribution is 9.10. The van der Waals surface area contributed by atoms with Gasteiger partial charge in [0.05, 0.1) is 0 Å². The molecule has 0 bridgehead atoms. The summed E-state index contributed by atoms with van der Waals surface area (Å²) in [5.41, 5.74) is 8.67. The minimum Gasteiger partial charge on any atom is -0.398 e. The van der Waals surface area contributed by atoms with Gasteiger partial charge >= 0.3 is 0 Å². The van der Waals surface area contributed by atoms with Gasteiger partial charge in [0.15, 0.2) is 5.82 Å². The molecule has 2 N–H and O–H groups in total. The van der Waals surface area contributed by atoms with Crippen LogP contribution in [0.25, 0.3) is 11.4 Å². The highest BCUT2D eigenvalue weighted by Crippen LogP contribution is 2.29. The third-order valence-electron chi connectivity index (χ3n) is 2.72. The molecule has 6 heteroatoms. The number of anilines is 1. The van der Waals surface area contributed by atoms with Crippen molar-refractivity contribution in [3.8, 4) is 11.4 Å². The second-order valence-electron chi connectivity index (χ2n) is 4.75. The summed E-state index contributed by atoms with van der Waals surface area (Å²) in [5.74, 6) is 1.24. The lowest BCUT2D eigenvalue weighted by Crippen LogP contribution is -2.09. The van der Waals surface area contributed by atoms with Crippen LogP contribution in [-0.2, 0) is 6.54 Å². The summed E-state index contributed by atoms with van der Waals surface area (Å²) in [4.78, 5) is 0. The molecule has 0 unspecified atom stereocenters. The van der Waals surface area contributed by atoms with Gasteiger partial charge in [-0.05, 0) is 41.0 Å². The Hall–Kier alpha value is -1.43. The Morgan fingerprint density at radius 3 is 2.78 bits per heavy atom. The molecule has 0 fully saturated rings. The number of halogens is 1. The number of nitrogen functional groups attached to an aromatic ring is 1. The molecule has 0 aliphatic heterocycles. The number of tetrazole rings is 1. The smallest absolute Gasteiger partial charge is 0.182 e. The predicted octanol–water partition coefficient (Wildman–Crippen LogP) is 2.65. The molecule has 2 rings (SSSR count). The van der Waals surface area contributed by atoms with Crippen LogP contribution in [0.2, 0.25) is 0 Å². The molecule has 0 aliphatic carbocycles. The SMILES string of the molecule is Cc1c(N)cc(Br)cc1-c1nnnn1CC(C)C. The van der Waals surface area contributed by atoms with Crippen molar-refractivity contribution in [2.75, 3.05) is 5.73 Å². The van der Waals surface area contributed by atoms with Crippen molar-refractivity contribution in [3.05, 3.63) is 22.2 Å². The Balaban J connectivity index is 2.52. The minimum absolute atomic E-state index is 0.483. The summed E-state index contributed by atoms with van der Waals surface area (Å²) < 4.78 is 2.75. The molecule has 1 heterocycles. The van der Waals surface area contributed by atoms with E-state index in [1.54, 1.807) is 0 Å². The van der Waals surface area contributed by atoms with Gasteiger partial charge in [-0.2, -0.15) is 0 Å². The maximum atomic E-state index is 5.97. The molecule has 1 aromatic carbocycles. The monoisotopic (exact) mass is 309 g/mol. The van der Waals surface area contributed by atoms with E-state index in [-0.39, 0.29) is 0 Å². The number of nitrogens with two attached hydrogens (primary N) is 1. The van der Waals surface area contributed by atoms with Crippen molar-refractivity contribution >= 4 is 21.6 Å². The van der Waals surface area contributed by atoms with Crippen molar-refractivity contribution in [3.63, 3.8) is 0 Å². The van der Waals surface area contributed by atoms with E-state index in [2.05, 4.69) is 45.3 Å². The third-order valence-corrected chi connectivity index (χ3v) is 3.18. The van der Waals surface area contributed by atoms with E-state index in [9.17, 15) is 0 Å². The Labute approximate surface area is 115 Å². The van der Waals surface area contributed by atoms with E-state index in [0.29, 0.717) is 5.92 Å². The van der Waals surface area contributed by atoms with E-state index in [0.717, 1.165) is 33.7 Å². The topological polar surface area (TPSA) is 69.6 Å². The number of hydrogen-bond donors (Lipinski definition) is 1. The minimum atomic E-state index is 0.483. The second kappa shape index (κ2) is 5.06. The lowest BCUT2D eigenvalue weighted by atomic mass is 10.1. The molecule has 0 radical (unpaired) electrons. The largest absolute Gasteiger partial charge is 0.398 e. The van der Waals surface area contributed by atoms with Crippen molar-refractivity contribution in [2.24, 2.45) is 5.92 Å². The van der Waals surface area contributed by atoms with Crippen LogP contribution in [0.4, 0.5) is 5.69 Å². The number of hydrogen-bond acceptors (Lipinski definition) is 4. The standard InChI is InChI=1S/C12H16BrN5/c1-7(2)6-18-12(15-16-17-18)10-4-9(13)5-11(14)8(10)3/h4-5,7H,6,14H2,1-3H3. The van der Waals surface area contributed by atoms with Crippen LogP contribution >= 0.6 is 15.9 Å². The van der Waals surface area contributed by atoms with Gasteiger partial charge in [-0.3, -0.25) is 0 Å². The molecule has 5 nitrogen and oxygen atoms in total. The van der Waals surface area contributed by atoms with Crippen LogP contribution in [-0.4, -0.2) is 20.2 Å². The van der Waals surface area contributed by atoms with Crippen LogP contribution in [0.1, 0.15) is 19.4 Å². The molecular formula is C12H16BrN5. The average Bonchev–Trinajstić information content (AvgIpc) is 2.70. The normalized spacial score (nSPS) is 11.2. The van der Waals surface area contributed by atoms with Crippen molar-refractivity contribution in [1.82, 2.24) is 20.2 Å². The highest BCUT2D eigenvalue weighted by atomic mass is 79.9. The quantitative estimate of drug-likeness (QED) is 0.885. The van der Waals surface area contributed by atoms with Gasteiger partial charge in [-0.1, -0.05) is 29.8 Å². The summed E-state index contributed by atoms with van der Waals surface area (Å²) in [6, 6.07) is 3.88. The van der Waals surface area contributed by atoms with Gasteiger partial charge < -0.3 is 5.73 Å². The Bertz CT molecular complexity index is 562. The molecule has 0 spiro atoms. The molecule has 0 aliphatic rings. The predicted molar refractivity (Wildman–Crippen MR) is 74.9 cm³/mol. The molecule has 96 valence electrons. The highest BCUT2D eigenvalue weighted by Gasteiger charge is 2.14. The molecule has 18 heavy (non-hydrogen) atoms. The first-order chi connectivity index (χ1) is 8.49. The summed E-state index contributed by atoms with van der Waals surface area (Å²) in [6.45, 7) is 7.03. The van der Waals surface area contributed by atoms with Gasteiger partial charge in [0.2, 0.25) is 0 Å². The average molecular weight is 310 g/mol. The van der Waals surface area contributed by atoms with Crippen LogP contribution < -0.4 is 5.73 Å². The van der Waals surface area contributed by atoms with E-state index in [1.807, 2.05) is 23.7 Å². The molecule has 0 amide bonds. The maximum absolute atomic E-state index is 5.97. The van der Waals surface area contributed by atoms with Crippen molar-refractivity contribution in [2.45, 2.75) is 27.3 Å². The molecule has 0 atom stereocenters. The Morgan fingerprint density at radius 1 is 1.39 bits per heavy atom. The summed E-state index contributed by atoms with van der Waals surface area (Å²) >= 11 is 3.45. The summed E-state index contributed by atoms with van der Waals surface area (Å²) in [5, 5.41) is 11.9. The summed E-state index contributed by atoms with van der Waals surface area (Å²) in [6.07, 6.45) is 0. The van der Waals surface area contributed by atoms with Crippen molar-refractivity contribution in [1.29, 1.82) is 0 Å². The molecule has 0 saturated carbocycles. The molecule has 1 aromatic heterocycles. The van der Waals surface area contributed by atoms with E-state index in [1.165, 1.54) is 0 Å². The molecular weight excluding hydrogens is 294 g/mol. The van der Waals surface area contributed by atoms with Crippen LogP contribution in [0, 0.1) is 12.8 Å².